The lowest BCUT2D eigenvalue weighted by atomic mass is 9.87. The largest absolute Gasteiger partial charge is 0.490 e. The molecule has 5 rings (SSSR count). The minimum Gasteiger partial charge on any atom is -0.490 e. The molecular weight excluding hydrogens is 530 g/mol. The summed E-state index contributed by atoms with van der Waals surface area (Å²) in [5.74, 6) is 0.270. The predicted molar refractivity (Wildman–Crippen MR) is 153 cm³/mol. The first-order valence-electron chi connectivity index (χ1n) is 13.2. The number of piperidine rings is 1. The fourth-order valence-corrected chi connectivity index (χ4v) is 5.07. The van der Waals surface area contributed by atoms with Crippen molar-refractivity contribution < 1.29 is 28.9 Å². The Morgan fingerprint density at radius 1 is 0.900 bits per heavy atom. The van der Waals surface area contributed by atoms with Crippen LogP contribution in [0.4, 0.5) is 4.79 Å². The smallest absolute Gasteiger partial charge is 0.407 e. The van der Waals surface area contributed by atoms with E-state index in [2.05, 4.69) is 24.3 Å². The van der Waals surface area contributed by atoms with Crippen molar-refractivity contribution in [2.75, 3.05) is 26.3 Å². The molecule has 1 saturated heterocycles. The molecule has 2 unspecified atom stereocenters. The molecule has 0 saturated carbocycles. The zero-order chi connectivity index (χ0) is 27.9. The van der Waals surface area contributed by atoms with Gasteiger partial charge in [0.25, 0.3) is 0 Å². The van der Waals surface area contributed by atoms with Crippen LogP contribution < -0.4 is 4.74 Å². The van der Waals surface area contributed by atoms with Gasteiger partial charge in [0, 0.05) is 17.5 Å². The molecule has 1 aliphatic heterocycles. The molecule has 40 heavy (non-hydrogen) atoms. The standard InChI is InChI=1S/C32H30ClNO6/c33-27-11-7-25(8-12-27)31(35)39-18-17-38-28-13-9-24(10-14-28)29-15-16-34(32(36)37)20-30(29)40-21-22-5-6-23-3-1-2-4-26(23)19-22/h1-14,19,29-30H,15-18,20-21H2,(H,36,37). The molecule has 0 aliphatic carbocycles. The minimum absolute atomic E-state index is 0.0467. The van der Waals surface area contributed by atoms with Crippen LogP contribution in [0, 0.1) is 0 Å². The molecule has 1 amide bonds. The number of rotatable bonds is 9. The van der Waals surface area contributed by atoms with Crippen LogP contribution >= 0.6 is 11.6 Å². The number of amides is 1. The third-order valence-electron chi connectivity index (χ3n) is 7.08. The van der Waals surface area contributed by atoms with Gasteiger partial charge in [-0.2, -0.15) is 0 Å². The second kappa shape index (κ2) is 12.9. The average Bonchev–Trinajstić information content (AvgIpc) is 2.98. The van der Waals surface area contributed by atoms with Crippen LogP contribution in [-0.2, 0) is 16.1 Å². The maximum atomic E-state index is 12.1. The number of nitrogens with zero attached hydrogens (tertiary/aromatic N) is 1. The number of carbonyl (C=O) groups excluding carboxylic acids is 1. The monoisotopic (exact) mass is 559 g/mol. The van der Waals surface area contributed by atoms with Gasteiger partial charge in [0.1, 0.15) is 19.0 Å². The number of carbonyl (C=O) groups is 2. The van der Waals surface area contributed by atoms with Crippen LogP contribution in [0.3, 0.4) is 0 Å². The van der Waals surface area contributed by atoms with E-state index in [1.54, 1.807) is 24.3 Å². The molecule has 4 aromatic carbocycles. The van der Waals surface area contributed by atoms with E-state index in [1.807, 2.05) is 42.5 Å². The molecule has 7 nitrogen and oxygen atoms in total. The lowest BCUT2D eigenvalue weighted by Gasteiger charge is -2.37. The Hall–Kier alpha value is -4.07. The second-order valence-corrected chi connectivity index (χ2v) is 10.2. The zero-order valence-electron chi connectivity index (χ0n) is 21.9. The van der Waals surface area contributed by atoms with Crippen LogP contribution in [0.15, 0.2) is 91.0 Å². The van der Waals surface area contributed by atoms with E-state index in [0.717, 1.165) is 16.5 Å². The van der Waals surface area contributed by atoms with Crippen LogP contribution in [0.25, 0.3) is 10.8 Å². The summed E-state index contributed by atoms with van der Waals surface area (Å²) in [6, 6.07) is 28.6. The van der Waals surface area contributed by atoms with Gasteiger partial charge in [-0.25, -0.2) is 9.59 Å². The zero-order valence-corrected chi connectivity index (χ0v) is 22.6. The highest BCUT2D eigenvalue weighted by molar-refractivity contribution is 6.30. The van der Waals surface area contributed by atoms with Gasteiger partial charge in [0.2, 0.25) is 0 Å². The first-order chi connectivity index (χ1) is 19.5. The average molecular weight is 560 g/mol. The molecule has 0 bridgehead atoms. The number of likely N-dealkylation sites (tertiary alicyclic amines) is 1. The van der Waals surface area contributed by atoms with Crippen LogP contribution in [0.2, 0.25) is 5.02 Å². The van der Waals surface area contributed by atoms with E-state index >= 15 is 0 Å². The van der Waals surface area contributed by atoms with Gasteiger partial charge < -0.3 is 24.2 Å². The van der Waals surface area contributed by atoms with E-state index in [-0.39, 0.29) is 25.2 Å². The van der Waals surface area contributed by atoms with E-state index in [0.29, 0.717) is 42.5 Å². The molecule has 0 aromatic heterocycles. The van der Waals surface area contributed by atoms with Gasteiger partial charge in [0.05, 0.1) is 24.8 Å². The minimum atomic E-state index is -0.932. The summed E-state index contributed by atoms with van der Waals surface area (Å²) >= 11 is 5.85. The molecule has 1 heterocycles. The third kappa shape index (κ3) is 6.92. The molecule has 2 atom stereocenters. The second-order valence-electron chi connectivity index (χ2n) is 9.72. The van der Waals surface area contributed by atoms with Gasteiger partial charge in [-0.3, -0.25) is 0 Å². The maximum Gasteiger partial charge on any atom is 0.407 e. The van der Waals surface area contributed by atoms with Gasteiger partial charge in [-0.15, -0.1) is 0 Å². The molecule has 0 spiro atoms. The predicted octanol–water partition coefficient (Wildman–Crippen LogP) is 6.78. The summed E-state index contributed by atoms with van der Waals surface area (Å²) in [5.41, 5.74) is 2.54. The van der Waals surface area contributed by atoms with Gasteiger partial charge in [-0.05, 0) is 70.8 Å². The van der Waals surface area contributed by atoms with Crippen LogP contribution in [0.5, 0.6) is 5.75 Å². The summed E-state index contributed by atoms with van der Waals surface area (Å²) in [7, 11) is 0. The van der Waals surface area contributed by atoms with Crippen molar-refractivity contribution in [2.24, 2.45) is 0 Å². The highest BCUT2D eigenvalue weighted by Crippen LogP contribution is 2.32. The Morgan fingerprint density at radius 3 is 2.40 bits per heavy atom. The summed E-state index contributed by atoms with van der Waals surface area (Å²) in [6.07, 6.45) is -0.552. The normalized spacial score (nSPS) is 17.0. The summed E-state index contributed by atoms with van der Waals surface area (Å²) in [4.78, 5) is 25.2. The first kappa shape index (κ1) is 27.5. The number of ether oxygens (including phenoxy) is 3. The van der Waals surface area contributed by atoms with E-state index in [9.17, 15) is 14.7 Å². The molecule has 0 radical (unpaired) electrons. The number of esters is 1. The fraction of sp³-hybridized carbons (Fsp3) is 0.250. The summed E-state index contributed by atoms with van der Waals surface area (Å²) in [5, 5.41) is 12.4. The van der Waals surface area contributed by atoms with Crippen molar-refractivity contribution in [3.8, 4) is 5.75 Å². The third-order valence-corrected chi connectivity index (χ3v) is 7.33. The lowest BCUT2D eigenvalue weighted by molar-refractivity contribution is -0.0199. The van der Waals surface area contributed by atoms with Crippen molar-refractivity contribution in [1.29, 1.82) is 0 Å². The SMILES string of the molecule is O=C(OCCOc1ccc(C2CCN(C(=O)O)CC2OCc2ccc3ccccc3c2)cc1)c1ccc(Cl)cc1. The fourth-order valence-electron chi connectivity index (χ4n) is 4.95. The highest BCUT2D eigenvalue weighted by atomic mass is 35.5. The number of fused-ring (bicyclic) bond motifs is 1. The number of benzene rings is 4. The van der Waals surface area contributed by atoms with E-state index < -0.39 is 12.1 Å². The van der Waals surface area contributed by atoms with Gasteiger partial charge in [-0.1, -0.05) is 60.1 Å². The summed E-state index contributed by atoms with van der Waals surface area (Å²) in [6.45, 7) is 1.49. The molecule has 4 aromatic rings. The lowest BCUT2D eigenvalue weighted by Crippen LogP contribution is -2.46. The number of hydrogen-bond acceptors (Lipinski definition) is 5. The van der Waals surface area contributed by atoms with Crippen molar-refractivity contribution in [3.63, 3.8) is 0 Å². The Bertz CT molecular complexity index is 1460. The van der Waals surface area contributed by atoms with Crippen molar-refractivity contribution in [2.45, 2.75) is 25.0 Å². The molecule has 1 fully saturated rings. The Labute approximate surface area is 237 Å². The molecule has 1 aliphatic rings. The number of carboxylic acid groups (broad SMARTS) is 1. The molecule has 8 heteroatoms. The Kier molecular flexibility index (Phi) is 8.84. The van der Waals surface area contributed by atoms with Crippen molar-refractivity contribution in [3.05, 3.63) is 113 Å². The van der Waals surface area contributed by atoms with E-state index in [4.69, 9.17) is 25.8 Å². The van der Waals surface area contributed by atoms with E-state index in [1.165, 1.54) is 10.3 Å². The number of halogens is 1. The topological polar surface area (TPSA) is 85.3 Å². The van der Waals surface area contributed by atoms with Crippen LogP contribution in [0.1, 0.15) is 33.8 Å². The Morgan fingerprint density at radius 2 is 1.65 bits per heavy atom. The summed E-state index contributed by atoms with van der Waals surface area (Å²) < 4.78 is 17.4. The van der Waals surface area contributed by atoms with Gasteiger partial charge >= 0.3 is 12.1 Å². The quantitative estimate of drug-likeness (QED) is 0.180. The Balaban J connectivity index is 1.17. The van der Waals surface area contributed by atoms with Gasteiger partial charge in [0.15, 0.2) is 0 Å². The molecule has 206 valence electrons. The van der Waals surface area contributed by atoms with Crippen LogP contribution in [-0.4, -0.2) is 54.5 Å². The maximum absolute atomic E-state index is 12.1. The molecular formula is C32H30ClNO6. The van der Waals surface area contributed by atoms with Crippen molar-refractivity contribution >= 4 is 34.4 Å². The highest BCUT2D eigenvalue weighted by Gasteiger charge is 2.33. The molecule has 1 N–H and O–H groups in total. The van der Waals surface area contributed by atoms with Crippen molar-refractivity contribution in [1.82, 2.24) is 4.90 Å². The number of hydrogen-bond donors (Lipinski definition) is 1. The first-order valence-corrected chi connectivity index (χ1v) is 13.6.